The van der Waals surface area contributed by atoms with Crippen molar-refractivity contribution in [1.29, 1.82) is 0 Å². The molecule has 23 heavy (non-hydrogen) atoms. The minimum Gasteiger partial charge on any atom is -0.431 e. The Kier molecular flexibility index (Phi) is 10.2. The van der Waals surface area contributed by atoms with Crippen LogP contribution in [0.1, 0.15) is 77.7 Å². The van der Waals surface area contributed by atoms with E-state index in [2.05, 4.69) is 6.92 Å². The molecule has 0 N–H and O–H groups in total. The second-order valence-corrected chi connectivity index (χ2v) is 6.39. The van der Waals surface area contributed by atoms with Crippen LogP contribution in [-0.2, 0) is 11.2 Å². The zero-order valence-corrected chi connectivity index (χ0v) is 15.0. The fourth-order valence-corrected chi connectivity index (χ4v) is 2.50. The average molecular weight is 320 g/mol. The van der Waals surface area contributed by atoms with Crippen LogP contribution in [-0.4, -0.2) is 12.3 Å². The zero-order chi connectivity index (χ0) is 16.9. The van der Waals surface area contributed by atoms with Crippen molar-refractivity contribution in [1.82, 2.24) is 0 Å². The van der Waals surface area contributed by atoms with E-state index in [1.54, 1.807) is 13.8 Å². The van der Waals surface area contributed by atoms with Crippen LogP contribution in [0.15, 0.2) is 24.3 Å². The van der Waals surface area contributed by atoms with Gasteiger partial charge in [-0.3, -0.25) is 0 Å². The third-order valence-electron chi connectivity index (χ3n) is 3.78. The highest BCUT2D eigenvalue weighted by Gasteiger charge is 2.07. The van der Waals surface area contributed by atoms with Gasteiger partial charge in [0.15, 0.2) is 0 Å². The molecule has 0 unspecified atom stereocenters. The van der Waals surface area contributed by atoms with Gasteiger partial charge in [0.1, 0.15) is 5.75 Å². The molecule has 1 rings (SSSR count). The van der Waals surface area contributed by atoms with E-state index in [4.69, 9.17) is 9.47 Å². The second-order valence-electron chi connectivity index (χ2n) is 6.39. The number of carbonyl (C=O) groups is 1. The number of benzene rings is 1. The van der Waals surface area contributed by atoms with Gasteiger partial charge in [-0.2, -0.15) is 0 Å². The summed E-state index contributed by atoms with van der Waals surface area (Å²) in [5.41, 5.74) is 1.29. The fraction of sp³-hybridized carbons (Fsp3) is 0.650. The van der Waals surface area contributed by atoms with E-state index in [0.717, 1.165) is 6.42 Å². The van der Waals surface area contributed by atoms with Gasteiger partial charge in [0.2, 0.25) is 0 Å². The molecule has 0 heterocycles. The smallest absolute Gasteiger partial charge is 0.431 e. The van der Waals surface area contributed by atoms with Crippen molar-refractivity contribution in [2.75, 3.05) is 0 Å². The molecular weight excluding hydrogens is 288 g/mol. The van der Waals surface area contributed by atoms with Gasteiger partial charge in [0, 0.05) is 0 Å². The highest BCUT2D eigenvalue weighted by Crippen LogP contribution is 2.16. The molecule has 3 nitrogen and oxygen atoms in total. The van der Waals surface area contributed by atoms with Crippen LogP contribution in [0.2, 0.25) is 0 Å². The third kappa shape index (κ3) is 9.98. The lowest BCUT2D eigenvalue weighted by Crippen LogP contribution is -2.15. The van der Waals surface area contributed by atoms with Crippen LogP contribution in [0.5, 0.6) is 5.75 Å². The van der Waals surface area contributed by atoms with Crippen molar-refractivity contribution >= 4 is 6.16 Å². The average Bonchev–Trinajstić information content (AvgIpc) is 2.50. The molecule has 0 aliphatic rings. The van der Waals surface area contributed by atoms with E-state index in [1.165, 1.54) is 56.9 Å². The molecule has 0 aliphatic carbocycles. The molecule has 0 bridgehead atoms. The quantitative estimate of drug-likeness (QED) is 0.273. The maximum atomic E-state index is 11.4. The molecule has 0 amide bonds. The van der Waals surface area contributed by atoms with E-state index < -0.39 is 6.16 Å². The minimum atomic E-state index is -0.643. The van der Waals surface area contributed by atoms with Crippen LogP contribution >= 0.6 is 0 Å². The predicted octanol–water partition coefficient (Wildman–Crippen LogP) is 6.29. The largest absolute Gasteiger partial charge is 0.514 e. The first kappa shape index (κ1) is 19.5. The summed E-state index contributed by atoms with van der Waals surface area (Å²) >= 11 is 0. The van der Waals surface area contributed by atoms with E-state index >= 15 is 0 Å². The molecule has 0 aromatic heterocycles. The number of ether oxygens (including phenoxy) is 2. The second kappa shape index (κ2) is 12.0. The lowest BCUT2D eigenvalue weighted by Gasteiger charge is -2.08. The van der Waals surface area contributed by atoms with Crippen molar-refractivity contribution in [2.24, 2.45) is 0 Å². The Morgan fingerprint density at radius 3 is 2.04 bits per heavy atom. The SMILES string of the molecule is CCCCCCCCCCc1ccc(OC(=O)OC(C)C)cc1. The molecule has 130 valence electrons. The van der Waals surface area contributed by atoms with Gasteiger partial charge in [-0.25, -0.2) is 4.79 Å². The Bertz CT molecular complexity index is 423. The molecule has 0 radical (unpaired) electrons. The molecule has 0 aliphatic heterocycles. The number of rotatable bonds is 11. The fourth-order valence-electron chi connectivity index (χ4n) is 2.50. The normalized spacial score (nSPS) is 10.8. The monoisotopic (exact) mass is 320 g/mol. The summed E-state index contributed by atoms with van der Waals surface area (Å²) in [4.78, 5) is 11.4. The number of aryl methyl sites for hydroxylation is 1. The van der Waals surface area contributed by atoms with Crippen LogP contribution < -0.4 is 4.74 Å². The van der Waals surface area contributed by atoms with Crippen LogP contribution in [0.25, 0.3) is 0 Å². The topological polar surface area (TPSA) is 35.5 Å². The molecule has 3 heteroatoms. The van der Waals surface area contributed by atoms with Crippen LogP contribution in [0.4, 0.5) is 4.79 Å². The van der Waals surface area contributed by atoms with Gasteiger partial charge in [-0.05, 0) is 44.4 Å². The lowest BCUT2D eigenvalue weighted by molar-refractivity contribution is 0.0729. The highest BCUT2D eigenvalue weighted by molar-refractivity contribution is 5.63. The first-order valence-corrected chi connectivity index (χ1v) is 9.09. The van der Waals surface area contributed by atoms with Crippen molar-refractivity contribution in [3.05, 3.63) is 29.8 Å². The molecular formula is C20H32O3. The Balaban J connectivity index is 2.15. The Morgan fingerprint density at radius 1 is 0.913 bits per heavy atom. The molecule has 0 spiro atoms. The summed E-state index contributed by atoms with van der Waals surface area (Å²) in [6.45, 7) is 5.85. The third-order valence-corrected chi connectivity index (χ3v) is 3.78. The van der Waals surface area contributed by atoms with Gasteiger partial charge in [-0.15, -0.1) is 0 Å². The van der Waals surface area contributed by atoms with E-state index in [9.17, 15) is 4.79 Å². The number of hydrogen-bond donors (Lipinski definition) is 0. The summed E-state index contributed by atoms with van der Waals surface area (Å²) in [6, 6.07) is 7.72. The van der Waals surface area contributed by atoms with Crippen molar-refractivity contribution < 1.29 is 14.3 Å². The predicted molar refractivity (Wildman–Crippen MR) is 95.0 cm³/mol. The zero-order valence-electron chi connectivity index (χ0n) is 15.0. The summed E-state index contributed by atoms with van der Waals surface area (Å²) in [5, 5.41) is 0. The van der Waals surface area contributed by atoms with E-state index in [-0.39, 0.29) is 6.10 Å². The molecule has 1 aromatic carbocycles. The highest BCUT2D eigenvalue weighted by atomic mass is 16.7. The summed E-state index contributed by atoms with van der Waals surface area (Å²) in [7, 11) is 0. The lowest BCUT2D eigenvalue weighted by atomic mass is 10.0. The summed E-state index contributed by atoms with van der Waals surface area (Å²) in [6.07, 6.45) is 11.0. The van der Waals surface area contributed by atoms with Crippen molar-refractivity contribution in [2.45, 2.75) is 84.7 Å². The van der Waals surface area contributed by atoms with Crippen LogP contribution in [0.3, 0.4) is 0 Å². The molecule has 1 aromatic rings. The van der Waals surface area contributed by atoms with E-state index in [0.29, 0.717) is 5.75 Å². The maximum Gasteiger partial charge on any atom is 0.514 e. The van der Waals surface area contributed by atoms with Crippen molar-refractivity contribution in [3.8, 4) is 5.75 Å². The Labute approximate surface area is 141 Å². The number of unbranched alkanes of at least 4 members (excludes halogenated alkanes) is 7. The van der Waals surface area contributed by atoms with Crippen molar-refractivity contribution in [3.63, 3.8) is 0 Å². The van der Waals surface area contributed by atoms with Gasteiger partial charge in [0.05, 0.1) is 6.10 Å². The van der Waals surface area contributed by atoms with Gasteiger partial charge >= 0.3 is 6.16 Å². The summed E-state index contributed by atoms with van der Waals surface area (Å²) < 4.78 is 10.1. The maximum absolute atomic E-state index is 11.4. The summed E-state index contributed by atoms with van der Waals surface area (Å²) in [5.74, 6) is 0.537. The minimum absolute atomic E-state index is 0.163. The molecule has 0 fully saturated rings. The van der Waals surface area contributed by atoms with Gasteiger partial charge < -0.3 is 9.47 Å². The standard InChI is InChI=1S/C20H32O3/c1-4-5-6-7-8-9-10-11-12-18-13-15-19(16-14-18)23-20(21)22-17(2)3/h13-17H,4-12H2,1-3H3. The van der Waals surface area contributed by atoms with Gasteiger partial charge in [0.25, 0.3) is 0 Å². The first-order valence-electron chi connectivity index (χ1n) is 9.09. The Hall–Kier alpha value is -1.51. The van der Waals surface area contributed by atoms with Crippen LogP contribution in [0, 0.1) is 0 Å². The number of carbonyl (C=O) groups excluding carboxylic acids is 1. The van der Waals surface area contributed by atoms with E-state index in [1.807, 2.05) is 24.3 Å². The molecule has 0 saturated carbocycles. The molecule has 0 saturated heterocycles. The van der Waals surface area contributed by atoms with Gasteiger partial charge in [-0.1, -0.05) is 64.0 Å². The molecule has 0 atom stereocenters. The Morgan fingerprint density at radius 2 is 1.48 bits per heavy atom. The first-order chi connectivity index (χ1) is 11.1. The number of hydrogen-bond acceptors (Lipinski definition) is 3.